The Morgan fingerprint density at radius 1 is 1.02 bits per heavy atom. The number of imidazole rings is 2. The molecule has 1 amide bonds. The van der Waals surface area contributed by atoms with E-state index in [0.717, 1.165) is 115 Å². The van der Waals surface area contributed by atoms with Crippen LogP contribution in [0.15, 0.2) is 42.4 Å². The van der Waals surface area contributed by atoms with Crippen molar-refractivity contribution >= 4 is 28.0 Å². The van der Waals surface area contributed by atoms with Gasteiger partial charge >= 0.3 is 0 Å². The lowest BCUT2D eigenvalue weighted by Crippen LogP contribution is -2.53. The SMILES string of the molecule is CCCCCCC1OC2=C(CCC(c3cnc(C4CCCN4CC(N)(O)C(C)C)[nH]3)=C2)c2c(F)c3cc(-c4cnc(C5CCCN5C(=O)C(N)C(C)C)[nH]4)ccc3n21. The number of likely N-dealkylation sites (tertiary alicyclic amines) is 2. The molecule has 5 unspecified atom stereocenters. The van der Waals surface area contributed by atoms with E-state index in [0.29, 0.717) is 37.0 Å². The van der Waals surface area contributed by atoms with Gasteiger partial charge in [0.05, 0.1) is 53.1 Å². The number of β-amino-alcohol motifs (C(OH)–C–C–N with tert-alkyl or cyclic N) is 1. The van der Waals surface area contributed by atoms with Crippen LogP contribution >= 0.6 is 0 Å². The number of unbranched alkanes of at least 4 members (excludes halogenated alkanes) is 3. The molecule has 4 aromatic rings. The van der Waals surface area contributed by atoms with E-state index >= 15 is 4.39 Å². The topological polar surface area (TPSA) is 167 Å². The van der Waals surface area contributed by atoms with Crippen molar-refractivity contribution < 1.29 is 19.0 Å². The Kier molecular flexibility index (Phi) is 11.4. The Labute approximate surface area is 341 Å². The molecule has 312 valence electrons. The van der Waals surface area contributed by atoms with Gasteiger partial charge in [0.15, 0.2) is 12.0 Å². The summed E-state index contributed by atoms with van der Waals surface area (Å²) in [6, 6.07) is 5.29. The van der Waals surface area contributed by atoms with Crippen LogP contribution in [0.4, 0.5) is 4.39 Å². The predicted molar refractivity (Wildman–Crippen MR) is 225 cm³/mol. The molecule has 3 aromatic heterocycles. The van der Waals surface area contributed by atoms with Crippen LogP contribution < -0.4 is 11.5 Å². The van der Waals surface area contributed by atoms with Crippen molar-refractivity contribution in [1.82, 2.24) is 34.3 Å². The van der Waals surface area contributed by atoms with E-state index in [1.807, 2.05) is 57.0 Å². The number of aliphatic hydroxyl groups is 1. The summed E-state index contributed by atoms with van der Waals surface area (Å²) in [6.45, 7) is 11.9. The fourth-order valence-corrected chi connectivity index (χ4v) is 9.35. The van der Waals surface area contributed by atoms with E-state index in [1.54, 1.807) is 6.20 Å². The van der Waals surface area contributed by atoms with E-state index in [9.17, 15) is 9.90 Å². The maximum atomic E-state index is 17.1. The van der Waals surface area contributed by atoms with Gasteiger partial charge < -0.3 is 40.7 Å². The van der Waals surface area contributed by atoms with Gasteiger partial charge in [-0.3, -0.25) is 9.69 Å². The summed E-state index contributed by atoms with van der Waals surface area (Å²) in [6.07, 6.45) is 15.5. The summed E-state index contributed by atoms with van der Waals surface area (Å²) in [7, 11) is 0. The first-order valence-corrected chi connectivity index (χ1v) is 21.7. The smallest absolute Gasteiger partial charge is 0.240 e. The first-order valence-electron chi connectivity index (χ1n) is 21.7. The van der Waals surface area contributed by atoms with Crippen molar-refractivity contribution in [2.24, 2.45) is 23.3 Å². The molecular weight excluding hydrogens is 734 g/mol. The number of nitrogens with zero attached hydrogens (tertiary/aromatic N) is 5. The number of amides is 1. The van der Waals surface area contributed by atoms with Crippen molar-refractivity contribution in [3.8, 4) is 11.3 Å². The molecule has 2 fully saturated rings. The summed E-state index contributed by atoms with van der Waals surface area (Å²) < 4.78 is 26.0. The van der Waals surface area contributed by atoms with Gasteiger partial charge in [-0.25, -0.2) is 14.4 Å². The molecule has 0 bridgehead atoms. The van der Waals surface area contributed by atoms with Gasteiger partial charge in [0.25, 0.3) is 0 Å². The molecule has 1 aliphatic carbocycles. The van der Waals surface area contributed by atoms with Crippen LogP contribution in [-0.2, 0) is 9.53 Å². The number of allylic oxidation sites excluding steroid dienone is 3. The number of H-pyrrole nitrogens is 2. The second-order valence-corrected chi connectivity index (χ2v) is 17.8. The van der Waals surface area contributed by atoms with Gasteiger partial charge in [-0.1, -0.05) is 59.9 Å². The average Bonchev–Trinajstić information content (AvgIpc) is 4.06. The molecule has 4 aliphatic rings. The molecule has 12 nitrogen and oxygen atoms in total. The van der Waals surface area contributed by atoms with Crippen molar-refractivity contribution in [2.75, 3.05) is 19.6 Å². The number of hydrogen-bond donors (Lipinski definition) is 5. The lowest BCUT2D eigenvalue weighted by molar-refractivity contribution is -0.134. The molecule has 5 atom stereocenters. The molecular formula is C45H62FN9O3. The van der Waals surface area contributed by atoms with Crippen LogP contribution in [0.1, 0.15) is 147 Å². The first kappa shape index (κ1) is 40.5. The Balaban J connectivity index is 1.09. The fourth-order valence-electron chi connectivity index (χ4n) is 9.35. The summed E-state index contributed by atoms with van der Waals surface area (Å²) in [5.74, 6) is 2.03. The van der Waals surface area contributed by atoms with Gasteiger partial charge in [-0.15, -0.1) is 0 Å². The summed E-state index contributed by atoms with van der Waals surface area (Å²) in [5.41, 5.74) is 17.2. The zero-order valence-electron chi connectivity index (χ0n) is 34.9. The van der Waals surface area contributed by atoms with E-state index in [-0.39, 0.29) is 41.9 Å². The van der Waals surface area contributed by atoms with Gasteiger partial charge in [-0.05, 0) is 87.1 Å². The number of nitrogens with one attached hydrogen (secondary N) is 2. The van der Waals surface area contributed by atoms with Crippen molar-refractivity contribution in [1.29, 1.82) is 0 Å². The van der Waals surface area contributed by atoms with Crippen LogP contribution in [0.25, 0.3) is 33.3 Å². The van der Waals surface area contributed by atoms with E-state index in [1.165, 1.54) is 0 Å². The third-order valence-corrected chi connectivity index (χ3v) is 13.2. The molecule has 0 radical (unpaired) electrons. The van der Waals surface area contributed by atoms with Crippen LogP contribution in [-0.4, -0.2) is 76.7 Å². The van der Waals surface area contributed by atoms with Gasteiger partial charge in [0, 0.05) is 36.0 Å². The highest BCUT2D eigenvalue weighted by Crippen LogP contribution is 2.47. The highest BCUT2D eigenvalue weighted by atomic mass is 19.1. The highest BCUT2D eigenvalue weighted by molar-refractivity contribution is 5.92. The zero-order valence-corrected chi connectivity index (χ0v) is 34.9. The number of benzene rings is 1. The van der Waals surface area contributed by atoms with Crippen LogP contribution in [0.5, 0.6) is 0 Å². The minimum Gasteiger partial charge on any atom is -0.470 e. The minimum atomic E-state index is -1.28. The van der Waals surface area contributed by atoms with Gasteiger partial charge in [0.2, 0.25) is 5.91 Å². The lowest BCUT2D eigenvalue weighted by atomic mass is 9.92. The summed E-state index contributed by atoms with van der Waals surface area (Å²) in [4.78, 5) is 34.0. The number of aromatic amines is 2. The largest absolute Gasteiger partial charge is 0.470 e. The van der Waals surface area contributed by atoms with Crippen molar-refractivity contribution in [3.05, 3.63) is 71.3 Å². The minimum absolute atomic E-state index is 0.0441. The maximum Gasteiger partial charge on any atom is 0.240 e. The molecule has 58 heavy (non-hydrogen) atoms. The van der Waals surface area contributed by atoms with Gasteiger partial charge in [-0.2, -0.15) is 0 Å². The molecule has 7 N–H and O–H groups in total. The molecule has 1 aromatic carbocycles. The molecule has 0 spiro atoms. The number of carbonyl (C=O) groups is 1. The third-order valence-electron chi connectivity index (χ3n) is 13.2. The Bertz CT molecular complexity index is 2190. The number of aromatic nitrogens is 5. The van der Waals surface area contributed by atoms with Crippen LogP contribution in [0, 0.1) is 17.7 Å². The Morgan fingerprint density at radius 3 is 2.50 bits per heavy atom. The quantitative estimate of drug-likeness (QED) is 0.0631. The highest BCUT2D eigenvalue weighted by Gasteiger charge is 2.38. The van der Waals surface area contributed by atoms with E-state index in [4.69, 9.17) is 26.2 Å². The lowest BCUT2D eigenvalue weighted by Gasteiger charge is -2.34. The molecule has 13 heteroatoms. The Hall–Kier alpha value is -4.30. The van der Waals surface area contributed by atoms with Gasteiger partial charge in [0.1, 0.15) is 23.1 Å². The monoisotopic (exact) mass is 795 g/mol. The molecule has 2 saturated heterocycles. The molecule has 6 heterocycles. The van der Waals surface area contributed by atoms with E-state index in [2.05, 4.69) is 32.4 Å². The zero-order chi connectivity index (χ0) is 40.9. The first-order chi connectivity index (χ1) is 27.9. The second-order valence-electron chi connectivity index (χ2n) is 17.8. The number of nitrogens with two attached hydrogens (primary N) is 2. The summed E-state index contributed by atoms with van der Waals surface area (Å²) in [5, 5.41) is 11.4. The molecule has 3 aliphatic heterocycles. The standard InChI is InChI=1S/C45H62FN9O3/c1-6-7-8-9-14-38-55-34-18-16-28(32-23-50-43(52-32)36-13-11-20-54(36)44(56)40(47)26(2)3)21-31(34)39(46)41(55)30-17-15-29(22-37(30)58-38)33-24-49-42(51-33)35-12-10-19-53(35)25-45(48,57)27(4)5/h16,18,21-24,26-27,35-36,38,40,57H,6-15,17,19-20,25,47-48H2,1-5H3,(H,49,51)(H,50,52). The normalized spacial score (nSPS) is 22.8. The fraction of sp³-hybridized carbons (Fsp3) is 0.578. The number of rotatable bonds is 14. The predicted octanol–water partition coefficient (Wildman–Crippen LogP) is 8.07. The molecule has 8 rings (SSSR count). The van der Waals surface area contributed by atoms with Crippen molar-refractivity contribution in [3.63, 3.8) is 0 Å². The van der Waals surface area contributed by atoms with Crippen LogP contribution in [0.3, 0.4) is 0 Å². The summed E-state index contributed by atoms with van der Waals surface area (Å²) >= 11 is 0. The number of hydrogen-bond acceptors (Lipinski definition) is 8. The molecule has 0 saturated carbocycles. The van der Waals surface area contributed by atoms with Crippen molar-refractivity contribution in [2.45, 2.75) is 135 Å². The van der Waals surface area contributed by atoms with E-state index < -0.39 is 11.8 Å². The average molecular weight is 796 g/mol. The number of ether oxygens (including phenoxy) is 1. The number of carbonyl (C=O) groups excluding carboxylic acids is 1. The van der Waals surface area contributed by atoms with Crippen LogP contribution in [0.2, 0.25) is 0 Å². The third kappa shape index (κ3) is 7.55. The maximum absolute atomic E-state index is 17.1. The Morgan fingerprint density at radius 2 is 1.74 bits per heavy atom. The number of fused-ring (bicyclic) bond motifs is 4. The second kappa shape index (κ2) is 16.4. The number of halogens is 1.